The summed E-state index contributed by atoms with van der Waals surface area (Å²) in [7, 11) is -1.46. The monoisotopic (exact) mass is 300 g/mol. The second-order valence-corrected chi connectivity index (χ2v) is 5.17. The summed E-state index contributed by atoms with van der Waals surface area (Å²) in [6, 6.07) is 15.6. The molecule has 0 saturated carbocycles. The van der Waals surface area contributed by atoms with Gasteiger partial charge in [-0.3, -0.25) is 0 Å². The third-order valence-electron chi connectivity index (χ3n) is 3.13. The van der Waals surface area contributed by atoms with Gasteiger partial charge in [0.1, 0.15) is 0 Å². The number of rotatable bonds is 1. The third-order valence-corrected chi connectivity index (χ3v) is 3.63. The van der Waals surface area contributed by atoms with E-state index in [4.69, 9.17) is 0 Å². The van der Waals surface area contributed by atoms with Gasteiger partial charge in [-0.25, -0.2) is 0 Å². The zero-order valence-corrected chi connectivity index (χ0v) is 11.1. The van der Waals surface area contributed by atoms with Gasteiger partial charge in [-0.2, -0.15) is 0 Å². The minimum atomic E-state index is -1.46. The maximum Gasteiger partial charge on any atom is 0.489 e. The zero-order chi connectivity index (χ0) is 12.7. The van der Waals surface area contributed by atoms with Crippen LogP contribution in [0.4, 0.5) is 0 Å². The van der Waals surface area contributed by atoms with Crippen molar-refractivity contribution in [1.29, 1.82) is 0 Å². The van der Waals surface area contributed by atoms with Crippen molar-refractivity contribution in [2.24, 2.45) is 0 Å². The first-order valence-corrected chi connectivity index (χ1v) is 6.43. The fraction of sp³-hybridized carbons (Fsp3) is 0. The van der Waals surface area contributed by atoms with E-state index in [2.05, 4.69) is 15.9 Å². The lowest BCUT2D eigenvalue weighted by atomic mass is 9.76. The molecule has 2 N–H and O–H groups in total. The lowest BCUT2D eigenvalue weighted by molar-refractivity contribution is 0.426. The quantitative estimate of drug-likeness (QED) is 0.535. The first-order chi connectivity index (χ1) is 8.66. The van der Waals surface area contributed by atoms with Crippen molar-refractivity contribution in [3.8, 4) is 0 Å². The molecule has 0 amide bonds. The molecule has 0 atom stereocenters. The number of halogens is 1. The van der Waals surface area contributed by atoms with Crippen LogP contribution in [0, 0.1) is 0 Å². The number of hydrogen-bond acceptors (Lipinski definition) is 2. The van der Waals surface area contributed by atoms with Crippen LogP contribution in [0.5, 0.6) is 0 Å². The molecule has 0 aliphatic rings. The van der Waals surface area contributed by atoms with Gasteiger partial charge in [0.15, 0.2) is 0 Å². The molecular formula is C14H10BBrO2. The molecule has 0 aliphatic heterocycles. The van der Waals surface area contributed by atoms with Gasteiger partial charge in [0, 0.05) is 4.47 Å². The predicted molar refractivity (Wildman–Crippen MR) is 79.0 cm³/mol. The van der Waals surface area contributed by atoms with Crippen molar-refractivity contribution >= 4 is 50.1 Å². The highest BCUT2D eigenvalue weighted by Crippen LogP contribution is 2.27. The fourth-order valence-electron chi connectivity index (χ4n) is 2.32. The van der Waals surface area contributed by atoms with Gasteiger partial charge in [0.25, 0.3) is 0 Å². The first kappa shape index (κ1) is 11.7. The molecular weight excluding hydrogens is 291 g/mol. The van der Waals surface area contributed by atoms with E-state index >= 15 is 0 Å². The van der Waals surface area contributed by atoms with Crippen LogP contribution < -0.4 is 5.46 Å². The maximum absolute atomic E-state index is 9.48. The molecule has 4 heteroatoms. The standard InChI is InChI=1S/C14H10BBrO2/c16-10-6-5-9-7-14(15(17)18)12-4-2-1-3-11(12)13(9)8-10/h1-8,17-18H. The van der Waals surface area contributed by atoms with E-state index in [0.717, 1.165) is 26.0 Å². The molecule has 0 aliphatic carbocycles. The van der Waals surface area contributed by atoms with Crippen LogP contribution in [0.3, 0.4) is 0 Å². The minimum Gasteiger partial charge on any atom is -0.423 e. The molecule has 3 aromatic rings. The van der Waals surface area contributed by atoms with Crippen LogP contribution in [-0.4, -0.2) is 17.2 Å². The van der Waals surface area contributed by atoms with E-state index < -0.39 is 7.12 Å². The van der Waals surface area contributed by atoms with Crippen LogP contribution in [-0.2, 0) is 0 Å². The Hall–Kier alpha value is -1.36. The Bertz CT molecular complexity index is 740. The molecule has 0 bridgehead atoms. The molecule has 3 rings (SSSR count). The molecule has 18 heavy (non-hydrogen) atoms. The minimum absolute atomic E-state index is 0.542. The molecule has 0 saturated heterocycles. The molecule has 0 radical (unpaired) electrons. The van der Waals surface area contributed by atoms with Crippen LogP contribution in [0.1, 0.15) is 0 Å². The highest BCUT2D eigenvalue weighted by Gasteiger charge is 2.16. The van der Waals surface area contributed by atoms with Crippen molar-refractivity contribution in [3.63, 3.8) is 0 Å². The Labute approximate surface area is 113 Å². The van der Waals surface area contributed by atoms with Gasteiger partial charge >= 0.3 is 7.12 Å². The smallest absolute Gasteiger partial charge is 0.423 e. The molecule has 3 aromatic carbocycles. The van der Waals surface area contributed by atoms with Crippen LogP contribution >= 0.6 is 15.9 Å². The number of hydrogen-bond donors (Lipinski definition) is 2. The fourth-order valence-corrected chi connectivity index (χ4v) is 2.68. The van der Waals surface area contributed by atoms with E-state index in [0.29, 0.717) is 5.46 Å². The summed E-state index contributed by atoms with van der Waals surface area (Å²) in [5.74, 6) is 0. The largest absolute Gasteiger partial charge is 0.489 e. The number of benzene rings is 3. The lowest BCUT2D eigenvalue weighted by Crippen LogP contribution is -2.30. The predicted octanol–water partition coefficient (Wildman–Crippen LogP) is 2.44. The Morgan fingerprint density at radius 2 is 1.56 bits per heavy atom. The molecule has 0 fully saturated rings. The maximum atomic E-state index is 9.48. The third kappa shape index (κ3) is 1.83. The summed E-state index contributed by atoms with van der Waals surface area (Å²) in [5, 5.41) is 23.0. The highest BCUT2D eigenvalue weighted by molar-refractivity contribution is 9.10. The van der Waals surface area contributed by atoms with E-state index in [1.54, 1.807) is 0 Å². The Kier molecular flexibility index (Phi) is 2.86. The van der Waals surface area contributed by atoms with Gasteiger partial charge in [-0.05, 0) is 39.1 Å². The van der Waals surface area contributed by atoms with Gasteiger partial charge in [-0.1, -0.05) is 52.3 Å². The molecule has 2 nitrogen and oxygen atoms in total. The average Bonchev–Trinajstić information content (AvgIpc) is 2.37. The molecule has 0 unspecified atom stereocenters. The first-order valence-electron chi connectivity index (χ1n) is 5.64. The Morgan fingerprint density at radius 1 is 0.833 bits per heavy atom. The summed E-state index contributed by atoms with van der Waals surface area (Å²) in [6.45, 7) is 0. The van der Waals surface area contributed by atoms with Crippen molar-refractivity contribution in [2.75, 3.05) is 0 Å². The topological polar surface area (TPSA) is 40.5 Å². The van der Waals surface area contributed by atoms with Gasteiger partial charge in [0.2, 0.25) is 0 Å². The summed E-state index contributed by atoms with van der Waals surface area (Å²) >= 11 is 3.47. The van der Waals surface area contributed by atoms with Gasteiger partial charge in [0.05, 0.1) is 0 Å². The van der Waals surface area contributed by atoms with Crippen molar-refractivity contribution < 1.29 is 10.0 Å². The molecule has 88 valence electrons. The SMILES string of the molecule is OB(O)c1cc2ccc(Br)cc2c2ccccc12. The summed E-state index contributed by atoms with van der Waals surface area (Å²) in [6.07, 6.45) is 0. The van der Waals surface area contributed by atoms with Crippen molar-refractivity contribution in [2.45, 2.75) is 0 Å². The summed E-state index contributed by atoms with van der Waals surface area (Å²) < 4.78 is 1.01. The lowest BCUT2D eigenvalue weighted by Gasteiger charge is -2.10. The highest BCUT2D eigenvalue weighted by atomic mass is 79.9. The van der Waals surface area contributed by atoms with Gasteiger partial charge < -0.3 is 10.0 Å². The average molecular weight is 301 g/mol. The Morgan fingerprint density at radius 3 is 2.28 bits per heavy atom. The second kappa shape index (κ2) is 4.39. The summed E-state index contributed by atoms with van der Waals surface area (Å²) in [5.41, 5.74) is 0.542. The van der Waals surface area contributed by atoms with Crippen LogP contribution in [0.2, 0.25) is 0 Å². The van der Waals surface area contributed by atoms with E-state index in [1.165, 1.54) is 0 Å². The second-order valence-electron chi connectivity index (χ2n) is 4.25. The van der Waals surface area contributed by atoms with Crippen molar-refractivity contribution in [3.05, 3.63) is 53.0 Å². The molecule has 0 heterocycles. The van der Waals surface area contributed by atoms with E-state index in [9.17, 15) is 10.0 Å². The number of fused-ring (bicyclic) bond motifs is 3. The molecule has 0 spiro atoms. The summed E-state index contributed by atoms with van der Waals surface area (Å²) in [4.78, 5) is 0. The van der Waals surface area contributed by atoms with Crippen LogP contribution in [0.15, 0.2) is 53.0 Å². The normalized spacial score (nSPS) is 11.1. The van der Waals surface area contributed by atoms with Gasteiger partial charge in [-0.15, -0.1) is 0 Å². The van der Waals surface area contributed by atoms with Crippen molar-refractivity contribution in [1.82, 2.24) is 0 Å². The van der Waals surface area contributed by atoms with E-state index in [-0.39, 0.29) is 0 Å². The zero-order valence-electron chi connectivity index (χ0n) is 9.47. The Balaban J connectivity index is 2.53. The van der Waals surface area contributed by atoms with E-state index in [1.807, 2.05) is 48.5 Å². The van der Waals surface area contributed by atoms with Crippen LogP contribution in [0.25, 0.3) is 21.5 Å². The molecule has 0 aromatic heterocycles.